The summed E-state index contributed by atoms with van der Waals surface area (Å²) >= 11 is 12.0. The van der Waals surface area contributed by atoms with Crippen LogP contribution in [-0.4, -0.2) is 23.6 Å². The Morgan fingerprint density at radius 2 is 2.05 bits per heavy atom. The number of rotatable bonds is 6. The summed E-state index contributed by atoms with van der Waals surface area (Å²) in [6.07, 6.45) is 2.29. The third-order valence-corrected chi connectivity index (χ3v) is 3.62. The molecule has 1 heterocycles. The van der Waals surface area contributed by atoms with Crippen molar-refractivity contribution in [2.45, 2.75) is 33.2 Å². The molecule has 0 aliphatic heterocycles. The molecule has 4 nitrogen and oxygen atoms in total. The lowest BCUT2D eigenvalue weighted by molar-refractivity contribution is 0.726. The molecule has 1 aromatic rings. The minimum absolute atomic E-state index is 0.546. The predicted octanol–water partition coefficient (Wildman–Crippen LogP) is 3.19. The Balaban J connectivity index is 2.65. The van der Waals surface area contributed by atoms with Crippen molar-refractivity contribution in [3.05, 3.63) is 21.9 Å². The van der Waals surface area contributed by atoms with E-state index in [1.165, 1.54) is 0 Å². The van der Waals surface area contributed by atoms with Crippen molar-refractivity contribution in [1.82, 2.24) is 15.2 Å². The largest absolute Gasteiger partial charge is 0.357 e. The zero-order valence-corrected chi connectivity index (χ0v) is 13.3. The van der Waals surface area contributed by atoms with Crippen LogP contribution in [0.5, 0.6) is 0 Å². The van der Waals surface area contributed by atoms with Crippen LogP contribution >= 0.6 is 23.2 Å². The number of aromatic nitrogens is 1. The zero-order valence-electron chi connectivity index (χ0n) is 11.8. The standard InChI is InChI=1S/C13H22Cl2N4/c1-4-6-7-17-13(16-5-2)18-9-10-8-11(14)12(15)19(10)3/h8H,4-7,9H2,1-3H3,(H2,16,17,18). The molecule has 0 unspecified atom stereocenters. The minimum Gasteiger partial charge on any atom is -0.357 e. The van der Waals surface area contributed by atoms with Crippen LogP contribution in [0.2, 0.25) is 10.2 Å². The van der Waals surface area contributed by atoms with Gasteiger partial charge in [0.1, 0.15) is 5.15 Å². The van der Waals surface area contributed by atoms with Gasteiger partial charge < -0.3 is 15.2 Å². The van der Waals surface area contributed by atoms with Gasteiger partial charge >= 0.3 is 0 Å². The Morgan fingerprint density at radius 1 is 1.32 bits per heavy atom. The SMILES string of the molecule is CCCCNC(=NCc1cc(Cl)c(Cl)n1C)NCC. The summed E-state index contributed by atoms with van der Waals surface area (Å²) in [4.78, 5) is 4.53. The van der Waals surface area contributed by atoms with Gasteiger partial charge in [0.2, 0.25) is 0 Å². The maximum absolute atomic E-state index is 6.03. The van der Waals surface area contributed by atoms with Crippen LogP contribution in [0.25, 0.3) is 0 Å². The Morgan fingerprint density at radius 3 is 2.58 bits per heavy atom. The Labute approximate surface area is 125 Å². The highest BCUT2D eigenvalue weighted by atomic mass is 35.5. The fourth-order valence-electron chi connectivity index (χ4n) is 1.63. The van der Waals surface area contributed by atoms with Crippen molar-refractivity contribution < 1.29 is 0 Å². The Bertz CT molecular complexity index is 427. The molecule has 19 heavy (non-hydrogen) atoms. The van der Waals surface area contributed by atoms with Gasteiger partial charge in [-0.05, 0) is 19.4 Å². The van der Waals surface area contributed by atoms with Crippen LogP contribution in [-0.2, 0) is 13.6 Å². The molecule has 6 heteroatoms. The quantitative estimate of drug-likeness (QED) is 0.481. The first kappa shape index (κ1) is 16.2. The topological polar surface area (TPSA) is 41.4 Å². The fourth-order valence-corrected chi connectivity index (χ4v) is 2.04. The van der Waals surface area contributed by atoms with Crippen molar-refractivity contribution in [1.29, 1.82) is 0 Å². The van der Waals surface area contributed by atoms with Crippen LogP contribution in [0.3, 0.4) is 0 Å². The van der Waals surface area contributed by atoms with E-state index in [-0.39, 0.29) is 0 Å². The van der Waals surface area contributed by atoms with E-state index in [1.54, 1.807) is 0 Å². The van der Waals surface area contributed by atoms with E-state index in [0.717, 1.165) is 37.6 Å². The molecule has 0 atom stereocenters. The second kappa shape index (κ2) is 8.33. The molecule has 0 aliphatic rings. The summed E-state index contributed by atoms with van der Waals surface area (Å²) in [5.74, 6) is 0.824. The van der Waals surface area contributed by atoms with Gasteiger partial charge in [-0.25, -0.2) is 4.99 Å². The molecule has 0 saturated heterocycles. The first-order valence-corrected chi connectivity index (χ1v) is 7.37. The van der Waals surface area contributed by atoms with E-state index >= 15 is 0 Å². The zero-order chi connectivity index (χ0) is 14.3. The van der Waals surface area contributed by atoms with E-state index in [4.69, 9.17) is 23.2 Å². The lowest BCUT2D eigenvalue weighted by Crippen LogP contribution is -2.37. The fraction of sp³-hybridized carbons (Fsp3) is 0.615. The van der Waals surface area contributed by atoms with Gasteiger partial charge in [0.05, 0.1) is 11.6 Å². The molecule has 0 bridgehead atoms. The first-order valence-electron chi connectivity index (χ1n) is 6.61. The Hall–Kier alpha value is -0.870. The van der Waals surface area contributed by atoms with Gasteiger partial charge in [0, 0.05) is 25.8 Å². The lowest BCUT2D eigenvalue weighted by Gasteiger charge is -2.10. The number of guanidine groups is 1. The lowest BCUT2D eigenvalue weighted by atomic mass is 10.3. The summed E-state index contributed by atoms with van der Waals surface area (Å²) in [5.41, 5.74) is 0.989. The smallest absolute Gasteiger partial charge is 0.191 e. The van der Waals surface area contributed by atoms with E-state index in [0.29, 0.717) is 16.7 Å². The summed E-state index contributed by atoms with van der Waals surface area (Å²) < 4.78 is 1.85. The maximum atomic E-state index is 6.03. The van der Waals surface area contributed by atoms with Gasteiger partial charge in [-0.2, -0.15) is 0 Å². The van der Waals surface area contributed by atoms with E-state index in [1.807, 2.05) is 24.6 Å². The van der Waals surface area contributed by atoms with Gasteiger partial charge in [-0.15, -0.1) is 0 Å². The number of halogens is 2. The Kier molecular flexibility index (Phi) is 7.10. The third-order valence-electron chi connectivity index (χ3n) is 2.78. The monoisotopic (exact) mass is 304 g/mol. The molecular weight excluding hydrogens is 283 g/mol. The van der Waals surface area contributed by atoms with Gasteiger partial charge in [0.15, 0.2) is 5.96 Å². The minimum atomic E-state index is 0.546. The van der Waals surface area contributed by atoms with E-state index in [9.17, 15) is 0 Å². The van der Waals surface area contributed by atoms with Crippen molar-refractivity contribution in [2.75, 3.05) is 13.1 Å². The summed E-state index contributed by atoms with van der Waals surface area (Å²) in [5, 5.41) is 7.63. The third kappa shape index (κ3) is 4.96. The predicted molar refractivity (Wildman–Crippen MR) is 83.2 cm³/mol. The average molecular weight is 305 g/mol. The average Bonchev–Trinajstić information content (AvgIpc) is 2.64. The van der Waals surface area contributed by atoms with Crippen molar-refractivity contribution >= 4 is 29.2 Å². The molecular formula is C13H22Cl2N4. The maximum Gasteiger partial charge on any atom is 0.191 e. The van der Waals surface area contributed by atoms with Gasteiger partial charge in [0.25, 0.3) is 0 Å². The number of aliphatic imine (C=N–C) groups is 1. The second-order valence-electron chi connectivity index (χ2n) is 4.31. The van der Waals surface area contributed by atoms with Gasteiger partial charge in [-0.1, -0.05) is 36.5 Å². The molecule has 0 saturated carbocycles. The van der Waals surface area contributed by atoms with Gasteiger partial charge in [-0.3, -0.25) is 0 Å². The van der Waals surface area contributed by atoms with Crippen molar-refractivity contribution in [2.24, 2.45) is 12.0 Å². The summed E-state index contributed by atoms with van der Waals surface area (Å²) in [7, 11) is 1.89. The number of hydrogen-bond donors (Lipinski definition) is 2. The highest BCUT2D eigenvalue weighted by molar-refractivity contribution is 6.41. The van der Waals surface area contributed by atoms with Crippen molar-refractivity contribution in [3.8, 4) is 0 Å². The summed E-state index contributed by atoms with van der Waals surface area (Å²) in [6, 6.07) is 1.85. The van der Waals surface area contributed by atoms with E-state index < -0.39 is 0 Å². The van der Waals surface area contributed by atoms with Crippen LogP contribution in [0.15, 0.2) is 11.1 Å². The summed E-state index contributed by atoms with van der Waals surface area (Å²) in [6.45, 7) is 6.53. The first-order chi connectivity index (χ1) is 9.10. The van der Waals surface area contributed by atoms with Crippen LogP contribution in [0.4, 0.5) is 0 Å². The number of nitrogens with zero attached hydrogens (tertiary/aromatic N) is 2. The van der Waals surface area contributed by atoms with Crippen LogP contribution in [0, 0.1) is 0 Å². The molecule has 108 valence electrons. The second-order valence-corrected chi connectivity index (χ2v) is 5.07. The molecule has 0 radical (unpaired) electrons. The number of hydrogen-bond acceptors (Lipinski definition) is 1. The van der Waals surface area contributed by atoms with Crippen molar-refractivity contribution in [3.63, 3.8) is 0 Å². The van der Waals surface area contributed by atoms with Crippen LogP contribution < -0.4 is 10.6 Å². The highest BCUT2D eigenvalue weighted by Gasteiger charge is 2.08. The molecule has 0 aliphatic carbocycles. The normalized spacial score (nSPS) is 11.7. The number of nitrogens with one attached hydrogen (secondary N) is 2. The number of unbranched alkanes of at least 4 members (excludes halogenated alkanes) is 1. The van der Waals surface area contributed by atoms with E-state index in [2.05, 4.69) is 22.5 Å². The molecule has 1 rings (SSSR count). The highest BCUT2D eigenvalue weighted by Crippen LogP contribution is 2.25. The molecule has 0 fully saturated rings. The van der Waals surface area contributed by atoms with Crippen LogP contribution in [0.1, 0.15) is 32.4 Å². The molecule has 0 aromatic carbocycles. The molecule has 1 aromatic heterocycles. The molecule has 0 amide bonds. The molecule has 2 N–H and O–H groups in total. The molecule has 0 spiro atoms.